The summed E-state index contributed by atoms with van der Waals surface area (Å²) in [7, 11) is 0. The van der Waals surface area contributed by atoms with Crippen LogP contribution in [0.5, 0.6) is 0 Å². The van der Waals surface area contributed by atoms with Crippen molar-refractivity contribution in [2.45, 2.75) is 37.5 Å². The van der Waals surface area contributed by atoms with Crippen molar-refractivity contribution in [3.63, 3.8) is 0 Å². The van der Waals surface area contributed by atoms with Crippen LogP contribution in [0.4, 0.5) is 13.2 Å². The van der Waals surface area contributed by atoms with Gasteiger partial charge in [0.25, 0.3) is 0 Å². The number of nitrogens with one attached hydrogen (secondary N) is 1. The van der Waals surface area contributed by atoms with Gasteiger partial charge < -0.3 is 10.4 Å². The van der Waals surface area contributed by atoms with Crippen LogP contribution in [-0.2, 0) is 0 Å². The Morgan fingerprint density at radius 2 is 2.00 bits per heavy atom. The highest BCUT2D eigenvalue weighted by Gasteiger charge is 2.41. The summed E-state index contributed by atoms with van der Waals surface area (Å²) in [5, 5.41) is 11.0. The molecule has 2 atom stereocenters. The minimum absolute atomic E-state index is 0.125. The van der Waals surface area contributed by atoms with Crippen molar-refractivity contribution in [1.29, 1.82) is 0 Å². The number of hydrogen-bond acceptors (Lipinski definition) is 2. The van der Waals surface area contributed by atoms with Gasteiger partial charge in [-0.2, -0.15) is 13.2 Å². The Hall–Kier alpha value is -0.290. The zero-order chi connectivity index (χ0) is 9.19. The molecule has 0 aromatic rings. The molecule has 1 aliphatic rings. The highest BCUT2D eigenvalue weighted by atomic mass is 19.4. The number of rotatable bonds is 1. The lowest BCUT2D eigenvalue weighted by molar-refractivity contribution is -0.163. The van der Waals surface area contributed by atoms with Gasteiger partial charge in [-0.3, -0.25) is 0 Å². The maximum absolute atomic E-state index is 12.1. The molecule has 1 rings (SSSR count). The van der Waals surface area contributed by atoms with Crippen molar-refractivity contribution >= 4 is 0 Å². The van der Waals surface area contributed by atoms with Crippen LogP contribution in [0.3, 0.4) is 0 Å². The highest BCUT2D eigenvalue weighted by Crippen LogP contribution is 2.27. The first-order valence-electron chi connectivity index (χ1n) is 3.97. The van der Waals surface area contributed by atoms with Crippen LogP contribution in [0.25, 0.3) is 0 Å². The number of hydrogen-bond donors (Lipinski definition) is 2. The Morgan fingerprint density at radius 3 is 2.50 bits per heavy atom. The predicted octanol–water partition coefficient (Wildman–Crippen LogP) is 1.05. The van der Waals surface area contributed by atoms with Gasteiger partial charge in [0.15, 0.2) is 0 Å². The molecule has 0 aromatic carbocycles. The first kappa shape index (κ1) is 9.80. The Balaban J connectivity index is 2.46. The molecule has 0 unspecified atom stereocenters. The summed E-state index contributed by atoms with van der Waals surface area (Å²) in [6, 6.07) is -1.81. The van der Waals surface area contributed by atoms with E-state index in [1.807, 2.05) is 0 Å². The van der Waals surface area contributed by atoms with Crippen LogP contribution >= 0.6 is 0 Å². The molecule has 2 N–H and O–H groups in total. The molecule has 1 saturated heterocycles. The molecule has 1 fully saturated rings. The quantitative estimate of drug-likeness (QED) is 0.637. The Labute approximate surface area is 68.8 Å². The van der Waals surface area contributed by atoms with E-state index in [4.69, 9.17) is 5.11 Å². The molecule has 0 bridgehead atoms. The number of alkyl halides is 3. The van der Waals surface area contributed by atoms with Gasteiger partial charge in [0.05, 0.1) is 6.61 Å². The molecular formula is C7H12F3NO. The molecule has 5 heteroatoms. The summed E-state index contributed by atoms with van der Waals surface area (Å²) in [5.41, 5.74) is 0. The summed E-state index contributed by atoms with van der Waals surface area (Å²) >= 11 is 0. The fourth-order valence-electron chi connectivity index (χ4n) is 1.42. The van der Waals surface area contributed by atoms with Crippen molar-refractivity contribution in [2.75, 3.05) is 6.61 Å². The van der Waals surface area contributed by atoms with Crippen LogP contribution in [-0.4, -0.2) is 30.0 Å². The Morgan fingerprint density at radius 1 is 1.33 bits per heavy atom. The molecule has 12 heavy (non-hydrogen) atoms. The van der Waals surface area contributed by atoms with E-state index in [0.29, 0.717) is 12.8 Å². The Bertz CT molecular complexity index is 148. The van der Waals surface area contributed by atoms with E-state index < -0.39 is 12.2 Å². The smallest absolute Gasteiger partial charge is 0.395 e. The first-order valence-corrected chi connectivity index (χ1v) is 3.97. The van der Waals surface area contributed by atoms with Crippen molar-refractivity contribution in [1.82, 2.24) is 5.32 Å². The minimum Gasteiger partial charge on any atom is -0.395 e. The number of halogens is 3. The molecule has 0 amide bonds. The second-order valence-electron chi connectivity index (χ2n) is 3.07. The topological polar surface area (TPSA) is 32.3 Å². The van der Waals surface area contributed by atoms with Gasteiger partial charge >= 0.3 is 6.18 Å². The largest absolute Gasteiger partial charge is 0.403 e. The number of aliphatic hydroxyl groups excluding tert-OH is 1. The third-order valence-corrected chi connectivity index (χ3v) is 2.10. The van der Waals surface area contributed by atoms with Gasteiger partial charge in [-0.25, -0.2) is 0 Å². The minimum atomic E-state index is -4.17. The number of aliphatic hydroxyl groups is 1. The summed E-state index contributed by atoms with van der Waals surface area (Å²) in [5.74, 6) is 0. The molecule has 0 radical (unpaired) electrons. The maximum atomic E-state index is 12.1. The van der Waals surface area contributed by atoms with Crippen molar-refractivity contribution in [2.24, 2.45) is 0 Å². The number of piperidine rings is 1. The second kappa shape index (κ2) is 3.62. The van der Waals surface area contributed by atoms with Crippen molar-refractivity contribution < 1.29 is 18.3 Å². The second-order valence-corrected chi connectivity index (χ2v) is 3.07. The molecule has 0 saturated carbocycles. The van der Waals surface area contributed by atoms with Crippen LogP contribution in [0.15, 0.2) is 0 Å². The molecule has 2 nitrogen and oxygen atoms in total. The van der Waals surface area contributed by atoms with Crippen LogP contribution in [0.1, 0.15) is 19.3 Å². The molecule has 72 valence electrons. The average Bonchev–Trinajstić information content (AvgIpc) is 2.03. The van der Waals surface area contributed by atoms with Gasteiger partial charge in [-0.05, 0) is 19.3 Å². The lowest BCUT2D eigenvalue weighted by Crippen LogP contribution is -2.51. The van der Waals surface area contributed by atoms with E-state index in [2.05, 4.69) is 5.32 Å². The summed E-state index contributed by atoms with van der Waals surface area (Å²) in [4.78, 5) is 0. The van der Waals surface area contributed by atoms with Crippen LogP contribution < -0.4 is 5.32 Å². The van der Waals surface area contributed by atoms with E-state index in [-0.39, 0.29) is 19.1 Å². The fraction of sp³-hybridized carbons (Fsp3) is 1.00. The summed E-state index contributed by atoms with van der Waals surface area (Å²) in [6.45, 7) is -0.216. The lowest BCUT2D eigenvalue weighted by atomic mass is 9.99. The summed E-state index contributed by atoms with van der Waals surface area (Å²) < 4.78 is 36.3. The normalized spacial score (nSPS) is 32.0. The zero-order valence-electron chi connectivity index (χ0n) is 6.56. The van der Waals surface area contributed by atoms with E-state index in [1.54, 1.807) is 0 Å². The monoisotopic (exact) mass is 183 g/mol. The molecule has 0 spiro atoms. The summed E-state index contributed by atoms with van der Waals surface area (Å²) in [6.07, 6.45) is -2.89. The Kier molecular flexibility index (Phi) is 2.95. The van der Waals surface area contributed by atoms with Gasteiger partial charge in [0, 0.05) is 6.04 Å². The van der Waals surface area contributed by atoms with Gasteiger partial charge in [-0.15, -0.1) is 0 Å². The molecule has 0 aromatic heterocycles. The molecule has 1 heterocycles. The third kappa shape index (κ3) is 2.35. The predicted molar refractivity (Wildman–Crippen MR) is 37.7 cm³/mol. The van der Waals surface area contributed by atoms with Crippen LogP contribution in [0, 0.1) is 0 Å². The first-order chi connectivity index (χ1) is 5.54. The van der Waals surface area contributed by atoms with E-state index in [9.17, 15) is 13.2 Å². The maximum Gasteiger partial charge on any atom is 0.403 e. The van der Waals surface area contributed by atoms with Crippen molar-refractivity contribution in [3.05, 3.63) is 0 Å². The van der Waals surface area contributed by atoms with E-state index in [1.165, 1.54) is 0 Å². The molecular weight excluding hydrogens is 171 g/mol. The SMILES string of the molecule is OC[C@@H]1CCC[C@H](C(F)(F)F)N1. The van der Waals surface area contributed by atoms with Gasteiger partial charge in [0.1, 0.15) is 6.04 Å². The average molecular weight is 183 g/mol. The molecule has 0 aliphatic carbocycles. The standard InChI is InChI=1S/C7H12F3NO/c8-7(9,10)6-3-1-2-5(4-12)11-6/h5-6,11-12H,1-4H2/t5-,6+/m0/s1. The fourth-order valence-corrected chi connectivity index (χ4v) is 1.42. The van der Waals surface area contributed by atoms with Crippen LogP contribution in [0.2, 0.25) is 0 Å². The lowest BCUT2D eigenvalue weighted by Gasteiger charge is -2.31. The molecule has 1 aliphatic heterocycles. The zero-order valence-corrected chi connectivity index (χ0v) is 6.56. The highest BCUT2D eigenvalue weighted by molar-refractivity contribution is 4.84. The van der Waals surface area contributed by atoms with Crippen molar-refractivity contribution in [3.8, 4) is 0 Å². The third-order valence-electron chi connectivity index (χ3n) is 2.10. The van der Waals surface area contributed by atoms with E-state index >= 15 is 0 Å². The van der Waals surface area contributed by atoms with Gasteiger partial charge in [0.2, 0.25) is 0 Å². The van der Waals surface area contributed by atoms with E-state index in [0.717, 1.165) is 0 Å². The van der Waals surface area contributed by atoms with Gasteiger partial charge in [-0.1, -0.05) is 0 Å².